The van der Waals surface area contributed by atoms with Crippen molar-refractivity contribution in [2.45, 2.75) is 31.7 Å². The van der Waals surface area contributed by atoms with Gasteiger partial charge in [0, 0.05) is 21.7 Å². The molecule has 6 heteroatoms. The van der Waals surface area contributed by atoms with E-state index in [1.807, 2.05) is 0 Å². The van der Waals surface area contributed by atoms with Crippen LogP contribution in [0.2, 0.25) is 0 Å². The number of aromatic nitrogens is 3. The minimum atomic E-state index is 0.233. The number of anilines is 1. The summed E-state index contributed by atoms with van der Waals surface area (Å²) in [5, 5.41) is 0.945. The van der Waals surface area contributed by atoms with Gasteiger partial charge >= 0.3 is 0 Å². The molecule has 0 unspecified atom stereocenters. The van der Waals surface area contributed by atoms with Gasteiger partial charge in [-0.15, -0.1) is 0 Å². The molecule has 19 heavy (non-hydrogen) atoms. The second-order valence-corrected chi connectivity index (χ2v) is 6.21. The van der Waals surface area contributed by atoms with Crippen molar-refractivity contribution < 1.29 is 4.79 Å². The van der Waals surface area contributed by atoms with Gasteiger partial charge in [0.15, 0.2) is 0 Å². The van der Waals surface area contributed by atoms with Crippen LogP contribution >= 0.6 is 22.6 Å². The molecule has 2 aromatic rings. The molecule has 0 bridgehead atoms. The first-order valence-corrected chi connectivity index (χ1v) is 7.50. The highest BCUT2D eigenvalue weighted by molar-refractivity contribution is 14.1. The number of carbonyl (C=O) groups excluding carboxylic acids is 1. The number of fused-ring (bicyclic) bond motifs is 1. The van der Waals surface area contributed by atoms with Gasteiger partial charge in [-0.1, -0.05) is 0 Å². The molecule has 2 aromatic heterocycles. The zero-order valence-corrected chi connectivity index (χ0v) is 12.6. The molecule has 0 atom stereocenters. The average molecular weight is 370 g/mol. The van der Waals surface area contributed by atoms with E-state index in [2.05, 4.69) is 43.3 Å². The molecular formula is C13H15IN4O. The Morgan fingerprint density at radius 1 is 1.32 bits per heavy atom. The highest BCUT2D eigenvalue weighted by Crippen LogP contribution is 2.35. The largest absolute Gasteiger partial charge is 0.383 e. The van der Waals surface area contributed by atoms with E-state index in [4.69, 9.17) is 5.73 Å². The summed E-state index contributed by atoms with van der Waals surface area (Å²) >= 11 is 2.28. The molecule has 1 saturated carbocycles. The minimum Gasteiger partial charge on any atom is -0.383 e. The monoisotopic (exact) mass is 370 g/mol. The second-order valence-electron chi connectivity index (χ2n) is 5.05. The fraction of sp³-hybridized carbons (Fsp3) is 0.462. The number of nitrogens with two attached hydrogens (primary N) is 1. The van der Waals surface area contributed by atoms with E-state index in [-0.39, 0.29) is 5.92 Å². The van der Waals surface area contributed by atoms with Gasteiger partial charge in [-0.3, -0.25) is 0 Å². The van der Waals surface area contributed by atoms with Crippen LogP contribution in [0.1, 0.15) is 31.7 Å². The quantitative estimate of drug-likeness (QED) is 0.651. The van der Waals surface area contributed by atoms with E-state index in [0.29, 0.717) is 11.9 Å². The first-order valence-electron chi connectivity index (χ1n) is 6.42. The number of aldehydes is 1. The summed E-state index contributed by atoms with van der Waals surface area (Å²) < 4.78 is 3.29. The normalized spacial score (nSPS) is 23.6. The van der Waals surface area contributed by atoms with E-state index >= 15 is 0 Å². The Morgan fingerprint density at radius 3 is 2.74 bits per heavy atom. The molecule has 100 valence electrons. The Balaban J connectivity index is 1.98. The molecule has 2 heterocycles. The van der Waals surface area contributed by atoms with Crippen LogP contribution in [-0.2, 0) is 4.79 Å². The van der Waals surface area contributed by atoms with Crippen LogP contribution in [0.3, 0.4) is 0 Å². The van der Waals surface area contributed by atoms with E-state index in [9.17, 15) is 4.79 Å². The molecule has 0 amide bonds. The predicted molar refractivity (Wildman–Crippen MR) is 81.7 cm³/mol. The highest BCUT2D eigenvalue weighted by Gasteiger charge is 2.24. The van der Waals surface area contributed by atoms with Gasteiger partial charge < -0.3 is 15.1 Å². The lowest BCUT2D eigenvalue weighted by molar-refractivity contribution is -0.112. The first-order chi connectivity index (χ1) is 9.20. The molecule has 0 aliphatic heterocycles. The maximum absolute atomic E-state index is 10.8. The van der Waals surface area contributed by atoms with E-state index in [1.54, 1.807) is 0 Å². The third kappa shape index (κ3) is 2.22. The van der Waals surface area contributed by atoms with Gasteiger partial charge in [0.05, 0.1) is 5.39 Å². The van der Waals surface area contributed by atoms with E-state index < -0.39 is 0 Å². The topological polar surface area (TPSA) is 73.8 Å². The van der Waals surface area contributed by atoms with Crippen LogP contribution in [0.15, 0.2) is 12.5 Å². The van der Waals surface area contributed by atoms with Gasteiger partial charge in [0.25, 0.3) is 0 Å². The summed E-state index contributed by atoms with van der Waals surface area (Å²) in [5.74, 6) is 0.770. The van der Waals surface area contributed by atoms with Crippen molar-refractivity contribution in [3.05, 3.63) is 16.1 Å². The Kier molecular flexibility index (Phi) is 3.42. The summed E-state index contributed by atoms with van der Waals surface area (Å²) in [5.41, 5.74) is 6.84. The fourth-order valence-electron chi connectivity index (χ4n) is 2.86. The van der Waals surface area contributed by atoms with Gasteiger partial charge in [0.2, 0.25) is 0 Å². The molecule has 1 aliphatic rings. The second kappa shape index (κ2) is 5.07. The lowest BCUT2D eigenvalue weighted by atomic mass is 9.87. The minimum absolute atomic E-state index is 0.233. The Labute approximate surface area is 124 Å². The Morgan fingerprint density at radius 2 is 2.05 bits per heavy atom. The number of nitrogen functional groups attached to an aromatic ring is 1. The average Bonchev–Trinajstić information content (AvgIpc) is 2.78. The summed E-state index contributed by atoms with van der Waals surface area (Å²) in [6, 6.07) is 0.413. The van der Waals surface area contributed by atoms with Crippen LogP contribution in [-0.4, -0.2) is 20.8 Å². The fourth-order valence-corrected chi connectivity index (χ4v) is 3.67. The molecule has 1 aliphatic carbocycles. The number of rotatable bonds is 2. The van der Waals surface area contributed by atoms with E-state index in [1.165, 1.54) is 6.33 Å². The maximum atomic E-state index is 10.8. The summed E-state index contributed by atoms with van der Waals surface area (Å²) in [6.07, 6.45) is 8.67. The van der Waals surface area contributed by atoms with Crippen molar-refractivity contribution >= 4 is 45.7 Å². The SMILES string of the molecule is Nc1ncnc2c1c(I)cn2C1CCC(C=O)CC1. The van der Waals surface area contributed by atoms with Gasteiger partial charge in [-0.25, -0.2) is 9.97 Å². The molecule has 0 saturated heterocycles. The number of hydrogen-bond donors (Lipinski definition) is 1. The van der Waals surface area contributed by atoms with Gasteiger partial charge in [-0.05, 0) is 48.3 Å². The molecule has 2 N–H and O–H groups in total. The van der Waals surface area contributed by atoms with Crippen molar-refractivity contribution in [1.29, 1.82) is 0 Å². The van der Waals surface area contributed by atoms with Crippen molar-refractivity contribution in [3.8, 4) is 0 Å². The smallest absolute Gasteiger partial charge is 0.146 e. The summed E-state index contributed by atoms with van der Waals surface area (Å²) in [7, 11) is 0. The summed E-state index contributed by atoms with van der Waals surface area (Å²) in [6.45, 7) is 0. The van der Waals surface area contributed by atoms with Crippen molar-refractivity contribution in [3.63, 3.8) is 0 Å². The number of nitrogens with zero attached hydrogens (tertiary/aromatic N) is 3. The summed E-state index contributed by atoms with van der Waals surface area (Å²) in [4.78, 5) is 19.2. The molecule has 0 spiro atoms. The van der Waals surface area contributed by atoms with Crippen LogP contribution in [0.5, 0.6) is 0 Å². The predicted octanol–water partition coefficient (Wildman–Crippen LogP) is 2.55. The van der Waals surface area contributed by atoms with Gasteiger partial charge in [-0.2, -0.15) is 0 Å². The van der Waals surface area contributed by atoms with Gasteiger partial charge in [0.1, 0.15) is 24.1 Å². The van der Waals surface area contributed by atoms with Crippen molar-refractivity contribution in [2.75, 3.05) is 5.73 Å². The number of carbonyl (C=O) groups is 1. The molecule has 1 fully saturated rings. The Hall–Kier alpha value is -1.18. The standard InChI is InChI=1S/C13H15IN4O/c14-10-5-18(9-3-1-8(6-19)2-4-9)13-11(10)12(15)16-7-17-13/h5-9H,1-4H2,(H2,15,16,17). The molecule has 3 rings (SSSR count). The van der Waals surface area contributed by atoms with Crippen LogP contribution in [0, 0.1) is 9.49 Å². The van der Waals surface area contributed by atoms with Crippen LogP contribution < -0.4 is 5.73 Å². The molecule has 0 radical (unpaired) electrons. The first kappa shape index (κ1) is 12.8. The lowest BCUT2D eigenvalue weighted by Crippen LogP contribution is -2.18. The van der Waals surface area contributed by atoms with Crippen molar-refractivity contribution in [1.82, 2.24) is 14.5 Å². The maximum Gasteiger partial charge on any atom is 0.146 e. The number of hydrogen-bond acceptors (Lipinski definition) is 4. The van der Waals surface area contributed by atoms with Crippen molar-refractivity contribution in [2.24, 2.45) is 5.92 Å². The molecular weight excluding hydrogens is 355 g/mol. The zero-order chi connectivity index (χ0) is 13.4. The van der Waals surface area contributed by atoms with Crippen LogP contribution in [0.4, 0.5) is 5.82 Å². The third-order valence-electron chi connectivity index (χ3n) is 3.92. The third-order valence-corrected chi connectivity index (χ3v) is 4.74. The highest BCUT2D eigenvalue weighted by atomic mass is 127. The molecule has 0 aromatic carbocycles. The lowest BCUT2D eigenvalue weighted by Gasteiger charge is -2.27. The molecule has 5 nitrogen and oxygen atoms in total. The Bertz CT molecular complexity index is 616. The number of halogens is 1. The van der Waals surface area contributed by atoms with Crippen LogP contribution in [0.25, 0.3) is 11.0 Å². The zero-order valence-electron chi connectivity index (χ0n) is 10.4. The van der Waals surface area contributed by atoms with E-state index in [0.717, 1.165) is 46.6 Å².